The number of hydrogen-bond acceptors (Lipinski definition) is 3. The summed E-state index contributed by atoms with van der Waals surface area (Å²) in [5.41, 5.74) is 1.06. The number of benzene rings is 1. The highest BCUT2D eigenvalue weighted by atomic mass is 16.4. The highest BCUT2D eigenvalue weighted by Crippen LogP contribution is 2.36. The molecular formula is C19H18N2O4. The number of carbonyl (C=O) groups excluding carboxylic acids is 1. The number of hydrogen-bond donors (Lipinski definition) is 1. The van der Waals surface area contributed by atoms with E-state index in [1.165, 1.54) is 4.90 Å². The van der Waals surface area contributed by atoms with Crippen LogP contribution in [0.2, 0.25) is 0 Å². The topological polar surface area (TPSA) is 79.6 Å². The maximum atomic E-state index is 13.0. The highest BCUT2D eigenvalue weighted by Gasteiger charge is 2.34. The Morgan fingerprint density at radius 2 is 1.80 bits per heavy atom. The molecule has 6 nitrogen and oxygen atoms in total. The molecule has 1 fully saturated rings. The summed E-state index contributed by atoms with van der Waals surface area (Å²) in [5.74, 6) is -1.88. The average molecular weight is 338 g/mol. The number of aromatic nitrogens is 1. The van der Waals surface area contributed by atoms with Crippen molar-refractivity contribution in [2.75, 3.05) is 11.4 Å². The molecule has 0 saturated heterocycles. The van der Waals surface area contributed by atoms with Crippen molar-refractivity contribution in [2.24, 2.45) is 0 Å². The lowest BCUT2D eigenvalue weighted by Gasteiger charge is -2.32. The van der Waals surface area contributed by atoms with Gasteiger partial charge >= 0.3 is 5.97 Å². The van der Waals surface area contributed by atoms with E-state index in [1.807, 2.05) is 0 Å². The molecule has 1 amide bonds. The second-order valence-electron chi connectivity index (χ2n) is 6.56. The average Bonchev–Trinajstić information content (AvgIpc) is 3.45. The lowest BCUT2D eigenvalue weighted by molar-refractivity contribution is -0.139. The van der Waals surface area contributed by atoms with Crippen LogP contribution in [0.1, 0.15) is 47.1 Å². The fourth-order valence-electron chi connectivity index (χ4n) is 3.49. The van der Waals surface area contributed by atoms with Gasteiger partial charge in [-0.25, -0.2) is 0 Å². The van der Waals surface area contributed by atoms with Gasteiger partial charge in [-0.2, -0.15) is 0 Å². The smallest absolute Gasteiger partial charge is 0.311 e. The number of anilines is 1. The van der Waals surface area contributed by atoms with Crippen LogP contribution in [0.15, 0.2) is 47.4 Å². The van der Waals surface area contributed by atoms with Gasteiger partial charge in [-0.15, -0.1) is 0 Å². The zero-order chi connectivity index (χ0) is 17.6. The maximum absolute atomic E-state index is 13.0. The number of amides is 1. The number of carboxylic acids is 1. The van der Waals surface area contributed by atoms with Crippen LogP contribution < -0.4 is 10.5 Å². The number of fused-ring (bicyclic) bond motifs is 1. The summed E-state index contributed by atoms with van der Waals surface area (Å²) < 4.78 is 1.63. The molecule has 2 heterocycles. The fraction of sp³-hybridized carbons (Fsp3) is 0.316. The number of para-hydroxylation sites is 1. The van der Waals surface area contributed by atoms with E-state index in [0.29, 0.717) is 17.7 Å². The van der Waals surface area contributed by atoms with Crippen LogP contribution >= 0.6 is 0 Å². The quantitative estimate of drug-likeness (QED) is 0.932. The van der Waals surface area contributed by atoms with Gasteiger partial charge in [0, 0.05) is 24.5 Å². The molecule has 1 aromatic carbocycles. The molecular weight excluding hydrogens is 320 g/mol. The third-order valence-electron chi connectivity index (χ3n) is 4.93. The zero-order valence-corrected chi connectivity index (χ0v) is 13.6. The van der Waals surface area contributed by atoms with E-state index in [9.17, 15) is 19.5 Å². The highest BCUT2D eigenvalue weighted by molar-refractivity contribution is 6.07. The summed E-state index contributed by atoms with van der Waals surface area (Å²) in [5, 5.41) is 9.42. The number of carbonyl (C=O) groups is 2. The van der Waals surface area contributed by atoms with Gasteiger partial charge in [0.05, 0.1) is 5.92 Å². The molecule has 2 aliphatic rings. The van der Waals surface area contributed by atoms with Crippen molar-refractivity contribution in [1.29, 1.82) is 0 Å². The Balaban J connectivity index is 1.74. The summed E-state index contributed by atoms with van der Waals surface area (Å²) in [4.78, 5) is 38.7. The summed E-state index contributed by atoms with van der Waals surface area (Å²) >= 11 is 0. The van der Waals surface area contributed by atoms with Crippen molar-refractivity contribution in [3.05, 3.63) is 64.1 Å². The first kappa shape index (κ1) is 15.6. The lowest BCUT2D eigenvalue weighted by atomic mass is 9.89. The van der Waals surface area contributed by atoms with Gasteiger partial charge in [-0.05, 0) is 43.0 Å². The number of aliphatic carboxylic acids is 1. The predicted molar refractivity (Wildman–Crippen MR) is 92.1 cm³/mol. The third kappa shape index (κ3) is 2.63. The summed E-state index contributed by atoms with van der Waals surface area (Å²) in [6.07, 6.45) is 3.98. The molecule has 0 spiro atoms. The maximum Gasteiger partial charge on any atom is 0.311 e. The van der Waals surface area contributed by atoms with E-state index in [2.05, 4.69) is 0 Å². The van der Waals surface area contributed by atoms with Gasteiger partial charge in [0.15, 0.2) is 0 Å². The number of pyridine rings is 1. The van der Waals surface area contributed by atoms with Crippen molar-refractivity contribution in [1.82, 2.24) is 4.57 Å². The monoisotopic (exact) mass is 338 g/mol. The Kier molecular flexibility index (Phi) is 3.67. The van der Waals surface area contributed by atoms with E-state index >= 15 is 0 Å². The van der Waals surface area contributed by atoms with E-state index in [0.717, 1.165) is 12.8 Å². The molecule has 4 rings (SSSR count). The minimum absolute atomic E-state index is 0.137. The molecule has 128 valence electrons. The predicted octanol–water partition coefficient (Wildman–Crippen LogP) is 2.40. The van der Waals surface area contributed by atoms with Crippen molar-refractivity contribution < 1.29 is 14.7 Å². The Morgan fingerprint density at radius 1 is 1.04 bits per heavy atom. The standard InChI is InChI=1S/C19H18N2O4/c22-17-15(5-3-10-20(17)12-7-8-12)18(23)21-11-9-14(19(24)25)13-4-1-2-6-16(13)21/h1-6,10,12,14H,7-9,11H2,(H,24,25). The summed E-state index contributed by atoms with van der Waals surface area (Å²) in [7, 11) is 0. The Bertz CT molecular complexity index is 914. The van der Waals surface area contributed by atoms with Crippen LogP contribution in [-0.4, -0.2) is 28.1 Å². The van der Waals surface area contributed by atoms with Gasteiger partial charge in [0.1, 0.15) is 5.56 Å². The zero-order valence-electron chi connectivity index (χ0n) is 13.6. The van der Waals surface area contributed by atoms with Crippen LogP contribution in [-0.2, 0) is 4.79 Å². The molecule has 0 radical (unpaired) electrons. The molecule has 1 aliphatic heterocycles. The molecule has 2 aromatic rings. The van der Waals surface area contributed by atoms with Gasteiger partial charge < -0.3 is 14.6 Å². The first-order valence-corrected chi connectivity index (χ1v) is 8.42. The molecule has 1 atom stereocenters. The lowest BCUT2D eigenvalue weighted by Crippen LogP contribution is -2.41. The van der Waals surface area contributed by atoms with Crippen LogP contribution in [0.5, 0.6) is 0 Å². The van der Waals surface area contributed by atoms with Crippen LogP contribution in [0.25, 0.3) is 0 Å². The van der Waals surface area contributed by atoms with Gasteiger partial charge in [0.25, 0.3) is 11.5 Å². The second-order valence-corrected chi connectivity index (χ2v) is 6.56. The normalized spacial score (nSPS) is 19.4. The first-order chi connectivity index (χ1) is 12.1. The van der Waals surface area contributed by atoms with Crippen molar-refractivity contribution >= 4 is 17.6 Å². The van der Waals surface area contributed by atoms with Gasteiger partial charge in [-0.3, -0.25) is 14.4 Å². The van der Waals surface area contributed by atoms with E-state index < -0.39 is 11.9 Å². The van der Waals surface area contributed by atoms with Crippen LogP contribution in [0.3, 0.4) is 0 Å². The summed E-state index contributed by atoms with van der Waals surface area (Å²) in [6.45, 7) is 0.282. The fourth-order valence-corrected chi connectivity index (χ4v) is 3.49. The van der Waals surface area contributed by atoms with Crippen molar-refractivity contribution in [3.63, 3.8) is 0 Å². The molecule has 1 saturated carbocycles. The Labute approximate surface area is 144 Å². The molecule has 1 aliphatic carbocycles. The Hall–Kier alpha value is -2.89. The van der Waals surface area contributed by atoms with Crippen molar-refractivity contribution in [2.45, 2.75) is 31.2 Å². The van der Waals surface area contributed by atoms with Crippen LogP contribution in [0.4, 0.5) is 5.69 Å². The number of carboxylic acid groups (broad SMARTS) is 1. The second kappa shape index (κ2) is 5.88. The molecule has 1 N–H and O–H groups in total. The molecule has 1 unspecified atom stereocenters. The first-order valence-electron chi connectivity index (χ1n) is 8.42. The Morgan fingerprint density at radius 3 is 2.52 bits per heavy atom. The minimum Gasteiger partial charge on any atom is -0.481 e. The van der Waals surface area contributed by atoms with Crippen LogP contribution in [0, 0.1) is 0 Å². The molecule has 0 bridgehead atoms. The van der Waals surface area contributed by atoms with Gasteiger partial charge in [-0.1, -0.05) is 18.2 Å². The van der Waals surface area contributed by atoms with Crippen molar-refractivity contribution in [3.8, 4) is 0 Å². The van der Waals surface area contributed by atoms with E-state index in [4.69, 9.17) is 0 Å². The van der Waals surface area contributed by atoms with E-state index in [-0.39, 0.29) is 29.6 Å². The third-order valence-corrected chi connectivity index (χ3v) is 4.93. The largest absolute Gasteiger partial charge is 0.481 e. The molecule has 6 heteroatoms. The summed E-state index contributed by atoms with van der Waals surface area (Å²) in [6, 6.07) is 10.5. The minimum atomic E-state index is -0.893. The van der Waals surface area contributed by atoms with Gasteiger partial charge in [0.2, 0.25) is 0 Å². The number of nitrogens with zero attached hydrogens (tertiary/aromatic N) is 2. The molecule has 1 aromatic heterocycles. The van der Waals surface area contributed by atoms with E-state index in [1.54, 1.807) is 47.2 Å². The SMILES string of the molecule is O=C(O)C1CCN(C(=O)c2cccn(C3CC3)c2=O)c2ccccc21. The number of rotatable bonds is 3. The molecule has 25 heavy (non-hydrogen) atoms.